The third-order valence-electron chi connectivity index (χ3n) is 9.80. The van der Waals surface area contributed by atoms with E-state index in [9.17, 15) is 19.5 Å². The zero-order chi connectivity index (χ0) is 32.0. The fourth-order valence-electron chi connectivity index (χ4n) is 8.44. The predicted molar refractivity (Wildman–Crippen MR) is 168 cm³/mol. The van der Waals surface area contributed by atoms with Crippen LogP contribution in [0.15, 0.2) is 55.6 Å². The van der Waals surface area contributed by atoms with Gasteiger partial charge in [-0.2, -0.15) is 0 Å². The summed E-state index contributed by atoms with van der Waals surface area (Å²) in [4.78, 5) is 48.8. The average molecular weight is 594 g/mol. The summed E-state index contributed by atoms with van der Waals surface area (Å²) in [6.45, 7) is 23.0. The first-order chi connectivity index (χ1) is 20.1. The molecule has 8 nitrogen and oxygen atoms in total. The van der Waals surface area contributed by atoms with Gasteiger partial charge in [-0.05, 0) is 50.5 Å². The van der Waals surface area contributed by atoms with Gasteiger partial charge in [-0.1, -0.05) is 70.2 Å². The minimum atomic E-state index is -1.18. The van der Waals surface area contributed by atoms with Gasteiger partial charge in [0.25, 0.3) is 0 Å². The standard InChI is InChI=1S/C35H51N3O5/c1-10-17-36(22-25-15-13-12-14-16-25)29(40)26-27-30(41)37(19-20-39)28(35(27)21-24(3)34(26,9)43-35)31(42)38(18-11-2)33(7,8)23-32(4,5)6/h10-16,24,26-28,39H,1-2,17-23H2,3-9H3/t24?,26-,27-,28?,34+,35?/m0/s1. The van der Waals surface area contributed by atoms with Crippen LogP contribution in [0.25, 0.3) is 0 Å². The summed E-state index contributed by atoms with van der Waals surface area (Å²) in [5.74, 6) is -2.39. The van der Waals surface area contributed by atoms with Gasteiger partial charge in [0.1, 0.15) is 11.6 Å². The topological polar surface area (TPSA) is 90.4 Å². The first-order valence-corrected chi connectivity index (χ1v) is 15.6. The molecule has 3 aliphatic heterocycles. The molecule has 43 heavy (non-hydrogen) atoms. The lowest BCUT2D eigenvalue weighted by Gasteiger charge is -2.45. The number of carbonyl (C=O) groups excluding carboxylic acids is 3. The number of carbonyl (C=O) groups is 3. The van der Waals surface area contributed by atoms with Crippen molar-refractivity contribution in [2.24, 2.45) is 23.2 Å². The lowest BCUT2D eigenvalue weighted by molar-refractivity contribution is -0.158. The molecule has 0 aliphatic carbocycles. The highest BCUT2D eigenvalue weighted by Gasteiger charge is 2.80. The van der Waals surface area contributed by atoms with E-state index < -0.39 is 34.6 Å². The number of nitrogens with zero attached hydrogens (tertiary/aromatic N) is 3. The Kier molecular flexibility index (Phi) is 9.07. The van der Waals surface area contributed by atoms with E-state index in [1.54, 1.807) is 17.1 Å². The van der Waals surface area contributed by atoms with Crippen LogP contribution in [-0.2, 0) is 25.7 Å². The molecule has 3 saturated heterocycles. The second kappa shape index (κ2) is 11.8. The molecule has 3 unspecified atom stereocenters. The summed E-state index contributed by atoms with van der Waals surface area (Å²) in [6, 6.07) is 8.79. The monoisotopic (exact) mass is 593 g/mol. The van der Waals surface area contributed by atoms with Gasteiger partial charge in [0.2, 0.25) is 17.7 Å². The molecule has 3 aliphatic rings. The highest BCUT2D eigenvalue weighted by atomic mass is 16.5. The van der Waals surface area contributed by atoms with Crippen LogP contribution in [0.5, 0.6) is 0 Å². The number of β-amino-alcohol motifs (C(OH)–C–C–N with tert-alkyl or cyclic N) is 1. The van der Waals surface area contributed by atoms with Gasteiger partial charge in [0, 0.05) is 31.7 Å². The summed E-state index contributed by atoms with van der Waals surface area (Å²) in [5.41, 5.74) is -1.74. The summed E-state index contributed by atoms with van der Waals surface area (Å²) in [6.07, 6.45) is 4.61. The first-order valence-electron chi connectivity index (χ1n) is 15.6. The van der Waals surface area contributed by atoms with E-state index in [-0.39, 0.29) is 42.2 Å². The molecule has 1 aromatic rings. The minimum absolute atomic E-state index is 0.00906. The second-order valence-electron chi connectivity index (χ2n) is 14.7. The minimum Gasteiger partial charge on any atom is -0.395 e. The molecule has 1 N–H and O–H groups in total. The predicted octanol–water partition coefficient (Wildman–Crippen LogP) is 4.43. The number of benzene rings is 1. The lowest BCUT2D eigenvalue weighted by atomic mass is 9.62. The SMILES string of the molecule is C=CCN(Cc1ccccc1)C(=O)[C@@H]1[C@H]2C(=O)N(CCO)C(C(=O)N(CC=C)C(C)(C)CC(C)(C)C)C23CC(C)[C@@]1(C)O3. The summed E-state index contributed by atoms with van der Waals surface area (Å²) >= 11 is 0. The zero-order valence-corrected chi connectivity index (χ0v) is 27.1. The van der Waals surface area contributed by atoms with Crippen LogP contribution in [-0.4, -0.2) is 86.6 Å². The van der Waals surface area contributed by atoms with Crippen molar-refractivity contribution < 1.29 is 24.2 Å². The van der Waals surface area contributed by atoms with Crippen LogP contribution >= 0.6 is 0 Å². The van der Waals surface area contributed by atoms with Crippen molar-refractivity contribution in [2.45, 2.75) is 90.6 Å². The molecule has 6 atom stereocenters. The zero-order valence-electron chi connectivity index (χ0n) is 27.1. The summed E-state index contributed by atoms with van der Waals surface area (Å²) < 4.78 is 6.93. The smallest absolute Gasteiger partial charge is 0.249 e. The maximum absolute atomic E-state index is 14.8. The second-order valence-corrected chi connectivity index (χ2v) is 14.7. The fraction of sp³-hybridized carbons (Fsp3) is 0.629. The van der Waals surface area contributed by atoms with E-state index in [2.05, 4.69) is 33.9 Å². The number of aliphatic hydroxyl groups is 1. The van der Waals surface area contributed by atoms with Gasteiger partial charge in [0.15, 0.2) is 0 Å². The highest BCUT2D eigenvalue weighted by molar-refractivity contribution is 5.99. The number of ether oxygens (including phenoxy) is 1. The summed E-state index contributed by atoms with van der Waals surface area (Å²) in [7, 11) is 0. The maximum atomic E-state index is 14.8. The van der Waals surface area contributed by atoms with Crippen molar-refractivity contribution in [1.82, 2.24) is 14.7 Å². The van der Waals surface area contributed by atoms with Crippen LogP contribution < -0.4 is 0 Å². The van der Waals surface area contributed by atoms with Crippen LogP contribution in [0, 0.1) is 23.2 Å². The Morgan fingerprint density at radius 3 is 2.28 bits per heavy atom. The first kappa shape index (κ1) is 32.9. The number of aliphatic hydroxyl groups excluding tert-OH is 1. The van der Waals surface area contributed by atoms with Gasteiger partial charge in [-0.3, -0.25) is 14.4 Å². The molecule has 1 spiro atoms. The molecule has 8 heteroatoms. The van der Waals surface area contributed by atoms with Crippen molar-refractivity contribution in [2.75, 3.05) is 26.2 Å². The van der Waals surface area contributed by atoms with Crippen LogP contribution in [0.3, 0.4) is 0 Å². The molecule has 3 fully saturated rings. The van der Waals surface area contributed by atoms with E-state index in [0.29, 0.717) is 26.1 Å². The largest absolute Gasteiger partial charge is 0.395 e. The van der Waals surface area contributed by atoms with Gasteiger partial charge in [-0.25, -0.2) is 0 Å². The highest BCUT2D eigenvalue weighted by Crippen LogP contribution is 2.65. The number of hydrogen-bond acceptors (Lipinski definition) is 5. The Hall–Kier alpha value is -2.97. The lowest BCUT2D eigenvalue weighted by Crippen LogP contribution is -2.61. The molecule has 0 saturated carbocycles. The Labute approximate surface area is 257 Å². The number of amides is 3. The van der Waals surface area contributed by atoms with Crippen LogP contribution in [0.1, 0.15) is 66.9 Å². The molecule has 0 aromatic heterocycles. The Balaban J connectivity index is 1.79. The molecular weight excluding hydrogens is 542 g/mol. The molecule has 2 bridgehead atoms. The Morgan fingerprint density at radius 2 is 1.72 bits per heavy atom. The van der Waals surface area contributed by atoms with Gasteiger partial charge in [-0.15, -0.1) is 13.2 Å². The third-order valence-corrected chi connectivity index (χ3v) is 9.80. The Bertz CT molecular complexity index is 1240. The van der Waals surface area contributed by atoms with Crippen LogP contribution in [0.2, 0.25) is 0 Å². The van der Waals surface area contributed by atoms with Gasteiger partial charge in [0.05, 0.1) is 24.0 Å². The number of likely N-dealkylation sites (tertiary alicyclic amines) is 1. The molecule has 3 amide bonds. The number of fused-ring (bicyclic) bond motifs is 1. The van der Waals surface area contributed by atoms with Crippen molar-refractivity contribution in [1.29, 1.82) is 0 Å². The van der Waals surface area contributed by atoms with Crippen molar-refractivity contribution >= 4 is 17.7 Å². The summed E-state index contributed by atoms with van der Waals surface area (Å²) in [5, 5.41) is 10.1. The van der Waals surface area contributed by atoms with Crippen molar-refractivity contribution in [3.8, 4) is 0 Å². The van der Waals surface area contributed by atoms with E-state index in [1.165, 1.54) is 4.90 Å². The average Bonchev–Trinajstić information content (AvgIpc) is 3.42. The van der Waals surface area contributed by atoms with Gasteiger partial charge >= 0.3 is 0 Å². The van der Waals surface area contributed by atoms with Crippen molar-refractivity contribution in [3.63, 3.8) is 0 Å². The quantitative estimate of drug-likeness (QED) is 0.362. The normalized spacial score (nSPS) is 29.9. The molecule has 4 rings (SSSR count). The number of rotatable bonds is 12. The number of hydrogen-bond donors (Lipinski definition) is 1. The third kappa shape index (κ3) is 5.68. The van der Waals surface area contributed by atoms with E-state index in [4.69, 9.17) is 4.74 Å². The molecule has 236 valence electrons. The van der Waals surface area contributed by atoms with E-state index in [0.717, 1.165) is 12.0 Å². The van der Waals surface area contributed by atoms with Crippen molar-refractivity contribution in [3.05, 3.63) is 61.2 Å². The van der Waals surface area contributed by atoms with E-state index >= 15 is 0 Å². The Morgan fingerprint density at radius 1 is 1.09 bits per heavy atom. The van der Waals surface area contributed by atoms with Gasteiger partial charge < -0.3 is 24.5 Å². The fourth-order valence-corrected chi connectivity index (χ4v) is 8.44. The molecular formula is C35H51N3O5. The molecule has 0 radical (unpaired) electrons. The molecule has 1 aromatic carbocycles. The van der Waals surface area contributed by atoms with E-state index in [1.807, 2.05) is 62.9 Å². The van der Waals surface area contributed by atoms with Crippen LogP contribution in [0.4, 0.5) is 0 Å². The molecule has 3 heterocycles. The maximum Gasteiger partial charge on any atom is 0.249 e.